The van der Waals surface area contributed by atoms with Gasteiger partial charge in [0.2, 0.25) is 16.0 Å². The number of hydrogen-bond donors (Lipinski definition) is 2. The average Bonchev–Trinajstić information content (AvgIpc) is 3.32. The molecule has 0 radical (unpaired) electrons. The smallest absolute Gasteiger partial charge is 0.237 e. The van der Waals surface area contributed by atoms with Gasteiger partial charge in [-0.1, -0.05) is 12.1 Å². The molecule has 3 heterocycles. The van der Waals surface area contributed by atoms with E-state index in [1.165, 1.54) is 18.5 Å². The van der Waals surface area contributed by atoms with Crippen LogP contribution >= 0.6 is 11.3 Å². The maximum absolute atomic E-state index is 12.7. The molecule has 206 valence electrons. The molecule has 1 aliphatic rings. The first kappa shape index (κ1) is 27.4. The normalized spacial score (nSPS) is 15.2. The number of piperidine rings is 1. The number of hydrogen-bond acceptors (Lipinski definition) is 8. The summed E-state index contributed by atoms with van der Waals surface area (Å²) in [6.07, 6.45) is 4.18. The molecule has 0 unspecified atom stereocenters. The first-order chi connectivity index (χ1) is 18.5. The van der Waals surface area contributed by atoms with Crippen LogP contribution in [0.2, 0.25) is 0 Å². The monoisotopic (exact) mass is 564 g/mol. The lowest BCUT2D eigenvalue weighted by Crippen LogP contribution is -2.41. The van der Waals surface area contributed by atoms with Crippen molar-refractivity contribution in [1.82, 2.24) is 14.9 Å². The van der Waals surface area contributed by atoms with E-state index in [9.17, 15) is 8.42 Å². The van der Waals surface area contributed by atoms with Crippen molar-refractivity contribution >= 4 is 54.6 Å². The molecule has 0 spiro atoms. The molecule has 2 aromatic carbocycles. The van der Waals surface area contributed by atoms with Crippen LogP contribution in [-0.2, 0) is 10.0 Å². The molecule has 39 heavy (non-hydrogen) atoms. The zero-order valence-electron chi connectivity index (χ0n) is 23.1. The third kappa shape index (κ3) is 6.03. The number of aromatic nitrogens is 2. The van der Waals surface area contributed by atoms with E-state index in [1.807, 2.05) is 29.8 Å². The summed E-state index contributed by atoms with van der Waals surface area (Å²) in [6, 6.07) is 16.5. The van der Waals surface area contributed by atoms with Gasteiger partial charge >= 0.3 is 0 Å². The van der Waals surface area contributed by atoms with Gasteiger partial charge in [-0.15, -0.1) is 11.3 Å². The second-order valence-electron chi connectivity index (χ2n) is 11.2. The summed E-state index contributed by atoms with van der Waals surface area (Å²) in [5, 5.41) is 5.38. The third-order valence-electron chi connectivity index (χ3n) is 7.23. The number of sulfonamides is 1. The standard InChI is InChI=1S/C29H36N6O2S2/c1-29(2,3)39(36,37)33-22-8-6-7-20(17-22)25-19-38-26-18-30-28(32-27(25)26)31-21-9-11-24(12-10-21)35-15-13-23(14-16-35)34(4)5/h6-12,17-19,23,33H,13-16H2,1-5H3,(H,30,31,32). The number of fused-ring (bicyclic) bond motifs is 1. The number of benzene rings is 2. The highest BCUT2D eigenvalue weighted by Crippen LogP contribution is 2.35. The molecule has 1 aliphatic heterocycles. The first-order valence-electron chi connectivity index (χ1n) is 13.2. The lowest BCUT2D eigenvalue weighted by molar-refractivity contribution is 0.249. The molecule has 10 heteroatoms. The Kier molecular flexibility index (Phi) is 7.54. The minimum absolute atomic E-state index is 0.520. The maximum Gasteiger partial charge on any atom is 0.237 e. The van der Waals surface area contributed by atoms with Gasteiger partial charge in [0.1, 0.15) is 0 Å². The molecule has 2 aromatic heterocycles. The average molecular weight is 565 g/mol. The Morgan fingerprint density at radius 1 is 1.03 bits per heavy atom. The molecular formula is C29H36N6O2S2. The van der Waals surface area contributed by atoms with Gasteiger partial charge in [-0.2, -0.15) is 0 Å². The zero-order chi connectivity index (χ0) is 27.8. The van der Waals surface area contributed by atoms with E-state index >= 15 is 0 Å². The number of anilines is 4. The largest absolute Gasteiger partial charge is 0.371 e. The van der Waals surface area contributed by atoms with Gasteiger partial charge in [0.25, 0.3) is 0 Å². The van der Waals surface area contributed by atoms with Crippen LogP contribution in [0.15, 0.2) is 60.1 Å². The molecule has 1 fully saturated rings. The van der Waals surface area contributed by atoms with E-state index < -0.39 is 14.8 Å². The van der Waals surface area contributed by atoms with Crippen molar-refractivity contribution in [3.63, 3.8) is 0 Å². The van der Waals surface area contributed by atoms with E-state index in [0.29, 0.717) is 17.7 Å². The van der Waals surface area contributed by atoms with Crippen molar-refractivity contribution < 1.29 is 8.42 Å². The number of nitrogens with zero attached hydrogens (tertiary/aromatic N) is 4. The Bertz CT molecular complexity index is 1550. The first-order valence-corrected chi connectivity index (χ1v) is 15.5. The Labute approximate surface area is 235 Å². The summed E-state index contributed by atoms with van der Waals surface area (Å²) in [7, 11) is 0.798. The Hall–Kier alpha value is -3.21. The maximum atomic E-state index is 12.7. The molecule has 4 aromatic rings. The molecule has 8 nitrogen and oxygen atoms in total. The van der Waals surface area contributed by atoms with Crippen LogP contribution in [0.5, 0.6) is 0 Å². The van der Waals surface area contributed by atoms with Crippen molar-refractivity contribution in [3.8, 4) is 11.1 Å². The number of rotatable bonds is 7. The van der Waals surface area contributed by atoms with Crippen molar-refractivity contribution in [2.75, 3.05) is 42.1 Å². The molecule has 0 bridgehead atoms. The SMILES string of the molecule is CN(C)C1CCN(c2ccc(Nc3ncc4scc(-c5cccc(NS(=O)(=O)C(C)(C)C)c5)c4n3)cc2)CC1. The van der Waals surface area contributed by atoms with Gasteiger partial charge in [-0.05, 0) is 89.7 Å². The molecule has 0 amide bonds. The van der Waals surface area contributed by atoms with E-state index in [-0.39, 0.29) is 0 Å². The lowest BCUT2D eigenvalue weighted by atomic mass is 10.0. The van der Waals surface area contributed by atoms with Crippen molar-refractivity contribution in [2.45, 2.75) is 44.4 Å². The minimum atomic E-state index is -3.52. The van der Waals surface area contributed by atoms with Gasteiger partial charge in [0.15, 0.2) is 0 Å². The summed E-state index contributed by atoms with van der Waals surface area (Å²) in [5.74, 6) is 0.520. The molecule has 0 saturated carbocycles. The van der Waals surface area contributed by atoms with E-state index in [2.05, 4.69) is 63.2 Å². The fraction of sp³-hybridized carbons (Fsp3) is 0.379. The van der Waals surface area contributed by atoms with Crippen molar-refractivity contribution in [1.29, 1.82) is 0 Å². The Balaban J connectivity index is 1.33. The Morgan fingerprint density at radius 3 is 2.41 bits per heavy atom. The lowest BCUT2D eigenvalue weighted by Gasteiger charge is -2.36. The predicted molar refractivity (Wildman–Crippen MR) is 164 cm³/mol. The fourth-order valence-corrected chi connectivity index (χ4v) is 6.29. The van der Waals surface area contributed by atoms with Crippen LogP contribution in [0, 0.1) is 0 Å². The van der Waals surface area contributed by atoms with Crippen LogP contribution in [0.1, 0.15) is 33.6 Å². The third-order valence-corrected chi connectivity index (χ3v) is 10.3. The van der Waals surface area contributed by atoms with Crippen LogP contribution in [0.3, 0.4) is 0 Å². The second kappa shape index (κ2) is 10.7. The van der Waals surface area contributed by atoms with Gasteiger partial charge in [-0.3, -0.25) is 4.72 Å². The van der Waals surface area contributed by atoms with Crippen molar-refractivity contribution in [3.05, 3.63) is 60.1 Å². The van der Waals surface area contributed by atoms with Crippen LogP contribution in [0.4, 0.5) is 23.0 Å². The van der Waals surface area contributed by atoms with Crippen LogP contribution in [0.25, 0.3) is 21.3 Å². The van der Waals surface area contributed by atoms with E-state index in [4.69, 9.17) is 4.98 Å². The van der Waals surface area contributed by atoms with Gasteiger partial charge < -0.3 is 15.1 Å². The van der Waals surface area contributed by atoms with Crippen molar-refractivity contribution in [2.24, 2.45) is 0 Å². The fourth-order valence-electron chi connectivity index (χ4n) is 4.68. The van der Waals surface area contributed by atoms with E-state index in [1.54, 1.807) is 38.2 Å². The van der Waals surface area contributed by atoms with E-state index in [0.717, 1.165) is 40.1 Å². The van der Waals surface area contributed by atoms with Gasteiger partial charge in [-0.25, -0.2) is 18.4 Å². The highest BCUT2D eigenvalue weighted by molar-refractivity contribution is 7.94. The molecule has 1 saturated heterocycles. The summed E-state index contributed by atoms with van der Waals surface area (Å²) in [4.78, 5) is 14.1. The number of thiophene rings is 1. The summed E-state index contributed by atoms with van der Waals surface area (Å²) >= 11 is 1.57. The molecule has 2 N–H and O–H groups in total. The molecule has 0 atom stereocenters. The minimum Gasteiger partial charge on any atom is -0.371 e. The highest BCUT2D eigenvalue weighted by atomic mass is 32.2. The van der Waals surface area contributed by atoms with Crippen LogP contribution < -0.4 is 14.9 Å². The Morgan fingerprint density at radius 2 is 1.74 bits per heavy atom. The predicted octanol–water partition coefficient (Wildman–Crippen LogP) is 6.17. The second-order valence-corrected chi connectivity index (χ2v) is 14.6. The summed E-state index contributed by atoms with van der Waals surface area (Å²) < 4.78 is 28.1. The van der Waals surface area contributed by atoms with Crippen LogP contribution in [-0.4, -0.2) is 61.3 Å². The molecule has 0 aliphatic carbocycles. The quantitative estimate of drug-likeness (QED) is 0.277. The highest BCUT2D eigenvalue weighted by Gasteiger charge is 2.29. The van der Waals surface area contributed by atoms with Gasteiger partial charge in [0, 0.05) is 47.1 Å². The molecular weight excluding hydrogens is 528 g/mol. The summed E-state index contributed by atoms with van der Waals surface area (Å²) in [6.45, 7) is 7.17. The number of nitrogens with one attached hydrogen (secondary N) is 2. The summed E-state index contributed by atoms with van der Waals surface area (Å²) in [5.41, 5.74) is 5.35. The molecule has 5 rings (SSSR count). The topological polar surface area (TPSA) is 90.5 Å². The zero-order valence-corrected chi connectivity index (χ0v) is 24.7. The van der Waals surface area contributed by atoms with Gasteiger partial charge in [0.05, 0.1) is 21.2 Å².